The number of rotatable bonds is 4. The van der Waals surface area contributed by atoms with Crippen molar-refractivity contribution in [3.05, 3.63) is 64.7 Å². The summed E-state index contributed by atoms with van der Waals surface area (Å²) < 4.78 is 27.5. The Morgan fingerprint density at radius 1 is 1.24 bits per heavy atom. The van der Waals surface area contributed by atoms with Crippen LogP contribution in [-0.4, -0.2) is 12.5 Å². The van der Waals surface area contributed by atoms with Crippen LogP contribution in [0, 0.1) is 18.6 Å². The van der Waals surface area contributed by atoms with Gasteiger partial charge in [0, 0.05) is 5.56 Å². The predicted molar refractivity (Wildman–Crippen MR) is 78.2 cm³/mol. The quantitative estimate of drug-likeness (QED) is 0.909. The molecule has 21 heavy (non-hydrogen) atoms. The molecular formula is C16H16F2N2O. The lowest BCUT2D eigenvalue weighted by Gasteiger charge is -2.10. The molecule has 0 aromatic heterocycles. The van der Waals surface area contributed by atoms with Crippen LogP contribution in [0.5, 0.6) is 0 Å². The van der Waals surface area contributed by atoms with Crippen LogP contribution >= 0.6 is 0 Å². The van der Waals surface area contributed by atoms with Gasteiger partial charge in [0.05, 0.1) is 0 Å². The Balaban J connectivity index is 2.26. The number of benzene rings is 2. The second-order valence-corrected chi connectivity index (χ2v) is 4.75. The van der Waals surface area contributed by atoms with Gasteiger partial charge >= 0.3 is 0 Å². The van der Waals surface area contributed by atoms with Gasteiger partial charge in [-0.2, -0.15) is 0 Å². The highest BCUT2D eigenvalue weighted by Gasteiger charge is 2.15. The summed E-state index contributed by atoms with van der Waals surface area (Å²) in [6, 6.07) is 9.25. The Kier molecular flexibility index (Phi) is 4.65. The van der Waals surface area contributed by atoms with Gasteiger partial charge in [-0.3, -0.25) is 4.79 Å². The summed E-state index contributed by atoms with van der Waals surface area (Å²) in [7, 11) is 0. The van der Waals surface area contributed by atoms with Gasteiger partial charge in [0.15, 0.2) is 5.82 Å². The van der Waals surface area contributed by atoms with E-state index in [1.54, 1.807) is 18.2 Å². The first-order valence-corrected chi connectivity index (χ1v) is 6.58. The molecule has 3 N–H and O–H groups in total. The molecular weight excluding hydrogens is 274 g/mol. The van der Waals surface area contributed by atoms with Crippen molar-refractivity contribution in [2.24, 2.45) is 5.73 Å². The highest BCUT2D eigenvalue weighted by molar-refractivity contribution is 6.04. The first-order valence-electron chi connectivity index (χ1n) is 6.58. The topological polar surface area (TPSA) is 55.1 Å². The largest absolute Gasteiger partial charge is 0.330 e. The van der Waals surface area contributed by atoms with E-state index in [1.807, 2.05) is 6.07 Å². The minimum absolute atomic E-state index is 0.267. The lowest BCUT2D eigenvalue weighted by molar-refractivity contribution is 0.102. The SMILES string of the molecule is Cc1ccc(F)c(NC(=O)c2cccc(CCN)c2)c1F. The van der Waals surface area contributed by atoms with Gasteiger partial charge < -0.3 is 11.1 Å². The fourth-order valence-corrected chi connectivity index (χ4v) is 1.99. The standard InChI is InChI=1S/C16H16F2N2O/c1-10-5-6-13(17)15(14(10)18)20-16(21)12-4-2-3-11(9-12)7-8-19/h2-6,9H,7-8,19H2,1H3,(H,20,21). The molecule has 110 valence electrons. The van der Waals surface area contributed by atoms with Gasteiger partial charge in [-0.25, -0.2) is 8.78 Å². The first-order chi connectivity index (χ1) is 10.0. The maximum absolute atomic E-state index is 13.9. The molecule has 5 heteroatoms. The number of aryl methyl sites for hydroxylation is 1. The fourth-order valence-electron chi connectivity index (χ4n) is 1.99. The average molecular weight is 290 g/mol. The molecule has 1 amide bonds. The zero-order chi connectivity index (χ0) is 15.4. The number of amides is 1. The Morgan fingerprint density at radius 3 is 2.71 bits per heavy atom. The van der Waals surface area contributed by atoms with E-state index in [-0.39, 0.29) is 5.56 Å². The number of hydrogen-bond acceptors (Lipinski definition) is 2. The smallest absolute Gasteiger partial charge is 0.255 e. The van der Waals surface area contributed by atoms with E-state index >= 15 is 0 Å². The number of hydrogen-bond donors (Lipinski definition) is 2. The number of carbonyl (C=O) groups is 1. The van der Waals surface area contributed by atoms with Crippen LogP contribution in [0.4, 0.5) is 14.5 Å². The van der Waals surface area contributed by atoms with E-state index in [9.17, 15) is 13.6 Å². The first kappa shape index (κ1) is 15.1. The lowest BCUT2D eigenvalue weighted by Crippen LogP contribution is -2.15. The number of carbonyl (C=O) groups excluding carboxylic acids is 1. The zero-order valence-electron chi connectivity index (χ0n) is 11.6. The normalized spacial score (nSPS) is 10.5. The van der Waals surface area contributed by atoms with Gasteiger partial charge in [-0.05, 0) is 49.2 Å². The van der Waals surface area contributed by atoms with Crippen molar-refractivity contribution < 1.29 is 13.6 Å². The summed E-state index contributed by atoms with van der Waals surface area (Å²) in [5.41, 5.74) is 6.54. The van der Waals surface area contributed by atoms with Crippen LogP contribution in [0.1, 0.15) is 21.5 Å². The molecule has 0 aliphatic heterocycles. The van der Waals surface area contributed by atoms with Crippen molar-refractivity contribution in [2.45, 2.75) is 13.3 Å². The van der Waals surface area contributed by atoms with E-state index in [2.05, 4.69) is 5.32 Å². The Morgan fingerprint density at radius 2 is 2.00 bits per heavy atom. The molecule has 0 bridgehead atoms. The third-order valence-electron chi connectivity index (χ3n) is 3.14. The van der Waals surface area contributed by atoms with Crippen molar-refractivity contribution >= 4 is 11.6 Å². The average Bonchev–Trinajstić information content (AvgIpc) is 2.48. The van der Waals surface area contributed by atoms with E-state index < -0.39 is 23.2 Å². The van der Waals surface area contributed by atoms with Crippen LogP contribution in [0.2, 0.25) is 0 Å². The Labute approximate surface area is 121 Å². The molecule has 0 radical (unpaired) electrons. The monoisotopic (exact) mass is 290 g/mol. The summed E-state index contributed by atoms with van der Waals surface area (Å²) in [5.74, 6) is -2.12. The number of anilines is 1. The molecule has 0 spiro atoms. The Bertz CT molecular complexity index is 671. The summed E-state index contributed by atoms with van der Waals surface area (Å²) >= 11 is 0. The van der Waals surface area contributed by atoms with Gasteiger partial charge in [0.25, 0.3) is 5.91 Å². The predicted octanol–water partition coefficient (Wildman–Crippen LogP) is 3.03. The molecule has 0 fully saturated rings. The number of halogens is 2. The fraction of sp³-hybridized carbons (Fsp3) is 0.188. The van der Waals surface area contributed by atoms with Crippen LogP contribution in [0.15, 0.2) is 36.4 Å². The number of nitrogens with two attached hydrogens (primary N) is 1. The molecule has 0 atom stereocenters. The molecule has 0 saturated carbocycles. The summed E-state index contributed by atoms with van der Waals surface area (Å²) in [5, 5.41) is 2.28. The van der Waals surface area contributed by atoms with E-state index in [0.29, 0.717) is 18.5 Å². The third-order valence-corrected chi connectivity index (χ3v) is 3.14. The van der Waals surface area contributed by atoms with Crippen molar-refractivity contribution in [3.8, 4) is 0 Å². The van der Waals surface area contributed by atoms with Crippen LogP contribution in [0.3, 0.4) is 0 Å². The van der Waals surface area contributed by atoms with Crippen LogP contribution < -0.4 is 11.1 Å². The third kappa shape index (κ3) is 3.44. The molecule has 3 nitrogen and oxygen atoms in total. The molecule has 2 rings (SSSR count). The molecule has 0 heterocycles. The van der Waals surface area contributed by atoms with Crippen LogP contribution in [0.25, 0.3) is 0 Å². The molecule has 0 aliphatic rings. The van der Waals surface area contributed by atoms with Crippen molar-refractivity contribution in [1.82, 2.24) is 0 Å². The van der Waals surface area contributed by atoms with Gasteiger partial charge in [-0.15, -0.1) is 0 Å². The number of nitrogens with one attached hydrogen (secondary N) is 1. The summed E-state index contributed by atoms with van der Waals surface area (Å²) in [4.78, 5) is 12.1. The van der Waals surface area contributed by atoms with Crippen LogP contribution in [-0.2, 0) is 6.42 Å². The second-order valence-electron chi connectivity index (χ2n) is 4.75. The minimum atomic E-state index is -0.801. The maximum atomic E-state index is 13.9. The molecule has 0 unspecified atom stereocenters. The molecule has 0 aliphatic carbocycles. The maximum Gasteiger partial charge on any atom is 0.255 e. The molecule has 2 aromatic carbocycles. The van der Waals surface area contributed by atoms with Gasteiger partial charge in [-0.1, -0.05) is 18.2 Å². The van der Waals surface area contributed by atoms with E-state index in [1.165, 1.54) is 13.0 Å². The van der Waals surface area contributed by atoms with Gasteiger partial charge in [0.1, 0.15) is 11.5 Å². The second kappa shape index (κ2) is 6.45. The van der Waals surface area contributed by atoms with E-state index in [0.717, 1.165) is 11.6 Å². The summed E-state index contributed by atoms with van der Waals surface area (Å²) in [6.07, 6.45) is 0.633. The van der Waals surface area contributed by atoms with Crippen molar-refractivity contribution in [1.29, 1.82) is 0 Å². The van der Waals surface area contributed by atoms with E-state index in [4.69, 9.17) is 5.73 Å². The van der Waals surface area contributed by atoms with Crippen molar-refractivity contribution in [2.75, 3.05) is 11.9 Å². The lowest BCUT2D eigenvalue weighted by atomic mass is 10.1. The highest BCUT2D eigenvalue weighted by atomic mass is 19.1. The molecule has 2 aromatic rings. The Hall–Kier alpha value is -2.27. The molecule has 0 saturated heterocycles. The minimum Gasteiger partial charge on any atom is -0.330 e. The summed E-state index contributed by atoms with van der Waals surface area (Å²) in [6.45, 7) is 1.97. The van der Waals surface area contributed by atoms with Crippen molar-refractivity contribution in [3.63, 3.8) is 0 Å². The zero-order valence-corrected chi connectivity index (χ0v) is 11.6. The highest BCUT2D eigenvalue weighted by Crippen LogP contribution is 2.22. The van der Waals surface area contributed by atoms with Gasteiger partial charge in [0.2, 0.25) is 0 Å².